The fourth-order valence-electron chi connectivity index (χ4n) is 1.30. The van der Waals surface area contributed by atoms with Crippen LogP contribution in [0.25, 0.3) is 0 Å². The number of esters is 1. The van der Waals surface area contributed by atoms with Gasteiger partial charge in [0.05, 0.1) is 12.5 Å². The first-order valence-corrected chi connectivity index (χ1v) is 5.32. The monoisotopic (exact) mass is 214 g/mol. The van der Waals surface area contributed by atoms with Gasteiger partial charge in [0.15, 0.2) is 0 Å². The molecule has 0 radical (unpaired) electrons. The van der Waals surface area contributed by atoms with Crippen LogP contribution in [0.1, 0.15) is 40.5 Å². The molecule has 0 bridgehead atoms. The Bertz CT molecular complexity index is 215. The van der Waals surface area contributed by atoms with Crippen molar-refractivity contribution in [2.75, 3.05) is 0 Å². The van der Waals surface area contributed by atoms with Crippen molar-refractivity contribution in [1.29, 1.82) is 0 Å². The van der Waals surface area contributed by atoms with E-state index in [-0.39, 0.29) is 18.3 Å². The SMILES string of the molecule is C=C[C@@H](O)[C@H](CC)CC(=O)OC(C)(C)C. The van der Waals surface area contributed by atoms with Crippen molar-refractivity contribution in [2.45, 2.75) is 52.2 Å². The number of aliphatic hydroxyl groups excluding tert-OH is 1. The number of aliphatic hydroxyl groups is 1. The van der Waals surface area contributed by atoms with Crippen LogP contribution in [-0.4, -0.2) is 22.8 Å². The van der Waals surface area contributed by atoms with Crippen LogP contribution in [0.4, 0.5) is 0 Å². The average molecular weight is 214 g/mol. The summed E-state index contributed by atoms with van der Waals surface area (Å²) < 4.78 is 5.18. The zero-order chi connectivity index (χ0) is 12.1. The van der Waals surface area contributed by atoms with E-state index < -0.39 is 11.7 Å². The van der Waals surface area contributed by atoms with Crippen molar-refractivity contribution in [1.82, 2.24) is 0 Å². The van der Waals surface area contributed by atoms with Gasteiger partial charge in [0.25, 0.3) is 0 Å². The van der Waals surface area contributed by atoms with E-state index in [1.165, 1.54) is 6.08 Å². The normalized spacial score (nSPS) is 15.5. The van der Waals surface area contributed by atoms with Crippen molar-refractivity contribution in [2.24, 2.45) is 5.92 Å². The van der Waals surface area contributed by atoms with E-state index >= 15 is 0 Å². The molecule has 0 spiro atoms. The Labute approximate surface area is 92.1 Å². The molecular weight excluding hydrogens is 192 g/mol. The highest BCUT2D eigenvalue weighted by molar-refractivity contribution is 5.70. The smallest absolute Gasteiger partial charge is 0.306 e. The lowest BCUT2D eigenvalue weighted by molar-refractivity contribution is -0.156. The van der Waals surface area contributed by atoms with Gasteiger partial charge in [-0.25, -0.2) is 0 Å². The minimum absolute atomic E-state index is 0.0997. The van der Waals surface area contributed by atoms with Gasteiger partial charge in [0.1, 0.15) is 5.60 Å². The quantitative estimate of drug-likeness (QED) is 0.564. The van der Waals surface area contributed by atoms with Gasteiger partial charge in [0, 0.05) is 0 Å². The zero-order valence-electron chi connectivity index (χ0n) is 10.1. The molecule has 0 aliphatic heterocycles. The van der Waals surface area contributed by atoms with E-state index in [4.69, 9.17) is 4.74 Å². The van der Waals surface area contributed by atoms with Crippen molar-refractivity contribution in [3.63, 3.8) is 0 Å². The van der Waals surface area contributed by atoms with Crippen LogP contribution in [0.3, 0.4) is 0 Å². The van der Waals surface area contributed by atoms with Gasteiger partial charge in [-0.05, 0) is 33.1 Å². The topological polar surface area (TPSA) is 46.5 Å². The molecular formula is C12H22O3. The summed E-state index contributed by atoms with van der Waals surface area (Å²) in [5.41, 5.74) is -0.464. The number of rotatable bonds is 5. The van der Waals surface area contributed by atoms with Crippen LogP contribution >= 0.6 is 0 Å². The Balaban J connectivity index is 4.19. The standard InChI is InChI=1S/C12H22O3/c1-6-9(10(13)7-2)8-11(14)15-12(3,4)5/h7,9-10,13H,2,6,8H2,1,3-5H3/t9-,10-/m1/s1. The average Bonchev–Trinajstić information content (AvgIpc) is 2.10. The van der Waals surface area contributed by atoms with E-state index in [1.807, 2.05) is 27.7 Å². The van der Waals surface area contributed by atoms with Crippen LogP contribution in [0.15, 0.2) is 12.7 Å². The van der Waals surface area contributed by atoms with E-state index in [1.54, 1.807) is 0 Å². The molecule has 15 heavy (non-hydrogen) atoms. The predicted molar refractivity (Wildman–Crippen MR) is 60.4 cm³/mol. The number of ether oxygens (including phenoxy) is 1. The van der Waals surface area contributed by atoms with Crippen LogP contribution in [-0.2, 0) is 9.53 Å². The molecule has 0 aromatic heterocycles. The minimum Gasteiger partial charge on any atom is -0.460 e. The molecule has 3 heteroatoms. The van der Waals surface area contributed by atoms with E-state index in [0.717, 1.165) is 6.42 Å². The molecule has 0 heterocycles. The first-order valence-electron chi connectivity index (χ1n) is 5.32. The third-order valence-electron chi connectivity index (χ3n) is 2.10. The first-order chi connectivity index (χ1) is 6.80. The van der Waals surface area contributed by atoms with Crippen molar-refractivity contribution < 1.29 is 14.6 Å². The summed E-state index contributed by atoms with van der Waals surface area (Å²) in [7, 11) is 0. The zero-order valence-corrected chi connectivity index (χ0v) is 10.1. The van der Waals surface area contributed by atoms with Gasteiger partial charge >= 0.3 is 5.97 Å². The van der Waals surface area contributed by atoms with E-state index in [2.05, 4.69) is 6.58 Å². The van der Waals surface area contributed by atoms with Crippen molar-refractivity contribution in [3.8, 4) is 0 Å². The lowest BCUT2D eigenvalue weighted by atomic mass is 9.96. The Kier molecular flexibility index (Phi) is 5.58. The van der Waals surface area contributed by atoms with Gasteiger partial charge in [-0.1, -0.05) is 13.0 Å². The number of hydrogen-bond acceptors (Lipinski definition) is 3. The summed E-state index contributed by atoms with van der Waals surface area (Å²) in [4.78, 5) is 11.5. The maximum absolute atomic E-state index is 11.5. The first kappa shape index (κ1) is 14.2. The molecule has 0 saturated heterocycles. The van der Waals surface area contributed by atoms with Crippen LogP contribution in [0.2, 0.25) is 0 Å². The second kappa shape index (κ2) is 5.91. The summed E-state index contributed by atoms with van der Waals surface area (Å²) in [6.07, 6.45) is 1.79. The summed E-state index contributed by atoms with van der Waals surface area (Å²) in [5.74, 6) is -0.368. The van der Waals surface area contributed by atoms with Crippen molar-refractivity contribution in [3.05, 3.63) is 12.7 Å². The third kappa shape index (κ3) is 6.28. The molecule has 0 unspecified atom stereocenters. The van der Waals surface area contributed by atoms with Gasteiger partial charge in [-0.2, -0.15) is 0 Å². The summed E-state index contributed by atoms with van der Waals surface area (Å²) >= 11 is 0. The lowest BCUT2D eigenvalue weighted by Crippen LogP contribution is -2.28. The van der Waals surface area contributed by atoms with Gasteiger partial charge in [-0.3, -0.25) is 4.79 Å². The molecule has 3 nitrogen and oxygen atoms in total. The maximum atomic E-state index is 11.5. The Morgan fingerprint density at radius 3 is 2.40 bits per heavy atom. The second-order valence-corrected chi connectivity index (χ2v) is 4.69. The van der Waals surface area contributed by atoms with E-state index in [9.17, 15) is 9.90 Å². The minimum atomic E-state index is -0.637. The largest absolute Gasteiger partial charge is 0.460 e. The fourth-order valence-corrected chi connectivity index (χ4v) is 1.30. The highest BCUT2D eigenvalue weighted by atomic mass is 16.6. The molecule has 0 amide bonds. The summed E-state index contributed by atoms with van der Waals surface area (Å²) in [5, 5.41) is 9.54. The molecule has 0 aromatic rings. The maximum Gasteiger partial charge on any atom is 0.306 e. The highest BCUT2D eigenvalue weighted by Crippen LogP contribution is 2.17. The number of hydrogen-bond donors (Lipinski definition) is 1. The molecule has 0 aliphatic rings. The van der Waals surface area contributed by atoms with Crippen LogP contribution < -0.4 is 0 Å². The Morgan fingerprint density at radius 2 is 2.07 bits per heavy atom. The molecule has 88 valence electrons. The molecule has 0 aromatic carbocycles. The summed E-state index contributed by atoms with van der Waals surface area (Å²) in [6.45, 7) is 10.9. The Hall–Kier alpha value is -0.830. The molecule has 0 fully saturated rings. The van der Waals surface area contributed by atoms with Gasteiger partial charge < -0.3 is 9.84 Å². The number of carbonyl (C=O) groups excluding carboxylic acids is 1. The third-order valence-corrected chi connectivity index (χ3v) is 2.10. The van der Waals surface area contributed by atoms with Crippen molar-refractivity contribution >= 4 is 5.97 Å². The van der Waals surface area contributed by atoms with Crippen LogP contribution in [0, 0.1) is 5.92 Å². The van der Waals surface area contributed by atoms with Crippen LogP contribution in [0.5, 0.6) is 0 Å². The molecule has 0 saturated carbocycles. The second-order valence-electron chi connectivity index (χ2n) is 4.69. The van der Waals surface area contributed by atoms with E-state index in [0.29, 0.717) is 0 Å². The summed E-state index contributed by atoms with van der Waals surface area (Å²) in [6, 6.07) is 0. The Morgan fingerprint density at radius 1 is 1.53 bits per heavy atom. The molecule has 1 N–H and O–H groups in total. The highest BCUT2D eigenvalue weighted by Gasteiger charge is 2.22. The molecule has 0 aliphatic carbocycles. The molecule has 2 atom stereocenters. The van der Waals surface area contributed by atoms with Gasteiger partial charge in [0.2, 0.25) is 0 Å². The number of carbonyl (C=O) groups is 1. The lowest BCUT2D eigenvalue weighted by Gasteiger charge is -2.23. The fraction of sp³-hybridized carbons (Fsp3) is 0.750. The molecule has 0 rings (SSSR count). The predicted octanol–water partition coefficient (Wildman–Crippen LogP) is 2.29. The van der Waals surface area contributed by atoms with Gasteiger partial charge in [-0.15, -0.1) is 6.58 Å².